The monoisotopic (exact) mass is 382 g/mol. The van der Waals surface area contributed by atoms with Crippen LogP contribution in [-0.2, 0) is 0 Å². The van der Waals surface area contributed by atoms with Gasteiger partial charge in [0.2, 0.25) is 3.67 Å². The van der Waals surface area contributed by atoms with E-state index in [9.17, 15) is 0 Å². The lowest BCUT2D eigenvalue weighted by Crippen LogP contribution is -2.40. The van der Waals surface area contributed by atoms with E-state index in [1.807, 2.05) is 37.3 Å². The molecule has 7 heteroatoms. The molecule has 0 N–H and O–H groups in total. The van der Waals surface area contributed by atoms with Crippen LogP contribution in [0.25, 0.3) is 0 Å². The Kier molecular flexibility index (Phi) is 7.16. The molecular weight excluding hydrogens is 374 g/mol. The Labute approximate surface area is 140 Å². The van der Waals surface area contributed by atoms with Crippen LogP contribution in [0.2, 0.25) is 0 Å². The third-order valence-corrected chi connectivity index (χ3v) is 8.95. The van der Waals surface area contributed by atoms with Crippen LogP contribution < -0.4 is 0 Å². The number of hydrogen-bond acceptors (Lipinski definition) is 2. The van der Waals surface area contributed by atoms with Gasteiger partial charge in [0.15, 0.2) is 4.33 Å². The normalized spacial score (nSPS) is 14.6. The SMILES string of the molecule is CCC(Cl)C(Cl)(Cl)C(Cl)(Cl)SSc1ccccc1. The predicted molar refractivity (Wildman–Crippen MR) is 88.7 cm³/mol. The van der Waals surface area contributed by atoms with E-state index in [0.29, 0.717) is 6.42 Å². The van der Waals surface area contributed by atoms with E-state index in [2.05, 4.69) is 0 Å². The molecule has 18 heavy (non-hydrogen) atoms. The predicted octanol–water partition coefficient (Wildman–Crippen LogP) is 6.75. The maximum Gasteiger partial charge on any atom is 0.207 e. The lowest BCUT2D eigenvalue weighted by Gasteiger charge is -2.34. The van der Waals surface area contributed by atoms with Gasteiger partial charge in [-0.2, -0.15) is 0 Å². The molecule has 0 amide bonds. The fourth-order valence-corrected chi connectivity index (χ4v) is 5.11. The Morgan fingerprint density at radius 3 is 2.17 bits per heavy atom. The molecule has 1 aromatic carbocycles. The summed E-state index contributed by atoms with van der Waals surface area (Å²) < 4.78 is -2.84. The molecule has 1 atom stereocenters. The highest BCUT2D eigenvalue weighted by Gasteiger charge is 2.52. The first-order valence-electron chi connectivity index (χ1n) is 5.11. The van der Waals surface area contributed by atoms with Crippen molar-refractivity contribution >= 4 is 79.6 Å². The van der Waals surface area contributed by atoms with Crippen molar-refractivity contribution < 1.29 is 0 Å². The molecule has 0 aliphatic carbocycles. The average molecular weight is 385 g/mol. The van der Waals surface area contributed by atoms with E-state index in [4.69, 9.17) is 58.0 Å². The van der Waals surface area contributed by atoms with Crippen molar-refractivity contribution in [2.45, 2.75) is 31.6 Å². The van der Waals surface area contributed by atoms with Crippen molar-refractivity contribution in [2.75, 3.05) is 0 Å². The first-order valence-corrected chi connectivity index (χ1v) is 9.21. The van der Waals surface area contributed by atoms with Gasteiger partial charge < -0.3 is 0 Å². The third-order valence-electron chi connectivity index (χ3n) is 2.13. The van der Waals surface area contributed by atoms with Gasteiger partial charge in [-0.25, -0.2) is 0 Å². The van der Waals surface area contributed by atoms with E-state index in [0.717, 1.165) is 4.90 Å². The molecule has 0 aliphatic rings. The standard InChI is InChI=1S/C11H11Cl5S2/c1-2-9(12)10(13,14)11(15,16)18-17-8-6-4-3-5-7-8/h3-7,9H,2H2,1H3. The number of hydrogen-bond donors (Lipinski definition) is 0. The van der Waals surface area contributed by atoms with E-state index in [-0.39, 0.29) is 0 Å². The van der Waals surface area contributed by atoms with Gasteiger partial charge >= 0.3 is 0 Å². The molecule has 0 aromatic heterocycles. The van der Waals surface area contributed by atoms with Crippen LogP contribution >= 0.6 is 79.6 Å². The van der Waals surface area contributed by atoms with Crippen LogP contribution in [-0.4, -0.2) is 13.4 Å². The molecule has 0 spiro atoms. The second-order valence-electron chi connectivity index (χ2n) is 3.50. The number of rotatable bonds is 6. The van der Waals surface area contributed by atoms with E-state index in [1.54, 1.807) is 0 Å². The van der Waals surface area contributed by atoms with Gasteiger partial charge in [0.25, 0.3) is 0 Å². The summed E-state index contributed by atoms with van der Waals surface area (Å²) in [7, 11) is 2.59. The molecule has 0 nitrogen and oxygen atoms in total. The van der Waals surface area contributed by atoms with Crippen LogP contribution in [0.5, 0.6) is 0 Å². The number of halogens is 5. The van der Waals surface area contributed by atoms with Gasteiger partial charge in [0, 0.05) is 4.90 Å². The number of benzene rings is 1. The first-order chi connectivity index (χ1) is 8.31. The summed E-state index contributed by atoms with van der Waals surface area (Å²) in [5.41, 5.74) is 0. The zero-order valence-electron chi connectivity index (χ0n) is 9.38. The second kappa shape index (κ2) is 7.40. The summed E-state index contributed by atoms with van der Waals surface area (Å²) in [5.74, 6) is 0. The van der Waals surface area contributed by atoms with Crippen LogP contribution in [0.3, 0.4) is 0 Å². The fraction of sp³-hybridized carbons (Fsp3) is 0.455. The summed E-state index contributed by atoms with van der Waals surface area (Å²) in [6.07, 6.45) is 0.576. The zero-order valence-corrected chi connectivity index (χ0v) is 14.8. The lowest BCUT2D eigenvalue weighted by molar-refractivity contribution is 0.704. The van der Waals surface area contributed by atoms with Crippen LogP contribution in [0.4, 0.5) is 0 Å². The smallest absolute Gasteiger partial charge is 0.120 e. The van der Waals surface area contributed by atoms with Crippen LogP contribution in [0, 0.1) is 0 Å². The zero-order chi connectivity index (χ0) is 13.8. The summed E-state index contributed by atoms with van der Waals surface area (Å²) in [5, 5.41) is -0.528. The van der Waals surface area contributed by atoms with Gasteiger partial charge in [0.05, 0.1) is 5.38 Å². The minimum atomic E-state index is -1.43. The molecule has 1 rings (SSSR count). The molecule has 0 radical (unpaired) electrons. The molecule has 1 unspecified atom stereocenters. The fourth-order valence-electron chi connectivity index (χ4n) is 1.07. The number of alkyl halides is 5. The Morgan fingerprint density at radius 1 is 1.11 bits per heavy atom. The van der Waals surface area contributed by atoms with E-state index in [1.165, 1.54) is 21.6 Å². The molecule has 0 heterocycles. The van der Waals surface area contributed by atoms with E-state index >= 15 is 0 Å². The van der Waals surface area contributed by atoms with Gasteiger partial charge in [-0.1, -0.05) is 82.3 Å². The Morgan fingerprint density at radius 2 is 1.67 bits per heavy atom. The quantitative estimate of drug-likeness (QED) is 0.393. The lowest BCUT2D eigenvalue weighted by atomic mass is 10.2. The van der Waals surface area contributed by atoms with Crippen LogP contribution in [0.1, 0.15) is 13.3 Å². The molecule has 0 saturated heterocycles. The Hall–Kier alpha value is 1.37. The molecule has 1 aromatic rings. The Balaban J connectivity index is 2.70. The van der Waals surface area contributed by atoms with Gasteiger partial charge in [-0.05, 0) is 29.3 Å². The van der Waals surface area contributed by atoms with Crippen molar-refractivity contribution in [2.24, 2.45) is 0 Å². The van der Waals surface area contributed by atoms with Crippen molar-refractivity contribution in [1.82, 2.24) is 0 Å². The van der Waals surface area contributed by atoms with Gasteiger partial charge in [-0.15, -0.1) is 11.6 Å². The van der Waals surface area contributed by atoms with Crippen molar-refractivity contribution in [3.63, 3.8) is 0 Å². The molecule has 0 bridgehead atoms. The molecule has 102 valence electrons. The Bertz CT molecular complexity index is 369. The highest BCUT2D eigenvalue weighted by atomic mass is 35.5. The summed E-state index contributed by atoms with van der Waals surface area (Å²) in [6.45, 7) is 1.87. The van der Waals surface area contributed by atoms with E-state index < -0.39 is 13.4 Å². The van der Waals surface area contributed by atoms with Gasteiger partial charge in [0.1, 0.15) is 0 Å². The van der Waals surface area contributed by atoms with Crippen molar-refractivity contribution in [3.8, 4) is 0 Å². The maximum atomic E-state index is 6.21. The van der Waals surface area contributed by atoms with Crippen molar-refractivity contribution in [1.29, 1.82) is 0 Å². The minimum Gasteiger partial charge on any atom is -0.120 e. The average Bonchev–Trinajstić information content (AvgIpc) is 2.36. The maximum absolute atomic E-state index is 6.21. The third kappa shape index (κ3) is 4.44. The summed E-state index contributed by atoms with van der Waals surface area (Å²) >= 11 is 30.8. The molecular formula is C11H11Cl5S2. The molecule has 0 saturated carbocycles. The summed E-state index contributed by atoms with van der Waals surface area (Å²) in [4.78, 5) is 1.01. The largest absolute Gasteiger partial charge is 0.207 e. The molecule has 0 fully saturated rings. The minimum absolute atomic E-state index is 0.528. The van der Waals surface area contributed by atoms with Crippen molar-refractivity contribution in [3.05, 3.63) is 30.3 Å². The van der Waals surface area contributed by atoms with Gasteiger partial charge in [-0.3, -0.25) is 0 Å². The molecule has 0 aliphatic heterocycles. The topological polar surface area (TPSA) is 0 Å². The second-order valence-corrected chi connectivity index (χ2v) is 9.60. The first kappa shape index (κ1) is 17.4. The highest BCUT2D eigenvalue weighted by molar-refractivity contribution is 8.77. The summed E-state index contributed by atoms with van der Waals surface area (Å²) in [6, 6.07) is 9.69. The highest BCUT2D eigenvalue weighted by Crippen LogP contribution is 2.58. The van der Waals surface area contributed by atoms with Crippen LogP contribution in [0.15, 0.2) is 35.2 Å².